The molecule has 0 aliphatic carbocycles. The third-order valence-electron chi connectivity index (χ3n) is 3.47. The maximum Gasteiger partial charge on any atom is 0.119 e. The lowest BCUT2D eigenvalue weighted by Crippen LogP contribution is -2.25. The van der Waals surface area contributed by atoms with Crippen LogP contribution in [0.5, 0.6) is 5.75 Å². The molecular formula is C15H23NO2. The Kier molecular flexibility index (Phi) is 5.02. The van der Waals surface area contributed by atoms with E-state index in [4.69, 9.17) is 9.47 Å². The molecule has 0 unspecified atom stereocenters. The predicted octanol–water partition coefficient (Wildman–Crippen LogP) is 2.83. The van der Waals surface area contributed by atoms with Crippen LogP contribution in [0.1, 0.15) is 31.4 Å². The predicted molar refractivity (Wildman–Crippen MR) is 72.8 cm³/mol. The van der Waals surface area contributed by atoms with Crippen molar-refractivity contribution in [2.45, 2.75) is 33.5 Å². The first-order valence-corrected chi connectivity index (χ1v) is 6.88. The summed E-state index contributed by atoms with van der Waals surface area (Å²) in [4.78, 5) is 2.42. The third kappa shape index (κ3) is 3.47. The molecule has 3 heteroatoms. The minimum atomic E-state index is 0.728. The average molecular weight is 249 g/mol. The van der Waals surface area contributed by atoms with Crippen LogP contribution in [0.15, 0.2) is 18.2 Å². The van der Waals surface area contributed by atoms with Crippen molar-refractivity contribution in [3.8, 4) is 5.75 Å². The minimum Gasteiger partial charge on any atom is -0.494 e. The number of nitrogens with zero attached hydrogens (tertiary/aromatic N) is 1. The van der Waals surface area contributed by atoms with Crippen LogP contribution in [0.4, 0.5) is 0 Å². The van der Waals surface area contributed by atoms with Crippen molar-refractivity contribution in [1.82, 2.24) is 4.90 Å². The Bertz CT molecular complexity index is 375. The summed E-state index contributed by atoms with van der Waals surface area (Å²) in [5.74, 6) is 0.971. The Hall–Kier alpha value is -1.06. The van der Waals surface area contributed by atoms with Crippen LogP contribution in [-0.2, 0) is 18.0 Å². The summed E-state index contributed by atoms with van der Waals surface area (Å²) in [6.45, 7) is 10.0. The second kappa shape index (κ2) is 6.76. The van der Waals surface area contributed by atoms with E-state index in [1.54, 1.807) is 0 Å². The molecule has 0 radical (unpaired) electrons. The Morgan fingerprint density at radius 1 is 1.17 bits per heavy atom. The largest absolute Gasteiger partial charge is 0.494 e. The van der Waals surface area contributed by atoms with Gasteiger partial charge < -0.3 is 14.4 Å². The number of hydrogen-bond donors (Lipinski definition) is 0. The topological polar surface area (TPSA) is 21.7 Å². The van der Waals surface area contributed by atoms with E-state index in [1.165, 1.54) is 11.1 Å². The molecule has 0 amide bonds. The number of ether oxygens (including phenoxy) is 2. The first-order valence-electron chi connectivity index (χ1n) is 6.88. The van der Waals surface area contributed by atoms with Crippen molar-refractivity contribution in [2.75, 3.05) is 26.2 Å². The van der Waals surface area contributed by atoms with Crippen LogP contribution in [-0.4, -0.2) is 31.1 Å². The van der Waals surface area contributed by atoms with E-state index >= 15 is 0 Å². The molecular weight excluding hydrogens is 226 g/mol. The summed E-state index contributed by atoms with van der Waals surface area (Å²) in [6.07, 6.45) is 1.08. The van der Waals surface area contributed by atoms with Gasteiger partial charge in [-0.1, -0.05) is 19.9 Å². The van der Waals surface area contributed by atoms with Crippen molar-refractivity contribution in [2.24, 2.45) is 0 Å². The first kappa shape index (κ1) is 13.4. The lowest BCUT2D eigenvalue weighted by molar-refractivity contribution is 0.134. The molecule has 1 aromatic rings. The molecule has 1 aliphatic heterocycles. The van der Waals surface area contributed by atoms with Gasteiger partial charge in [-0.05, 0) is 42.8 Å². The summed E-state index contributed by atoms with van der Waals surface area (Å²) in [5.41, 5.74) is 2.57. The molecule has 0 spiro atoms. The maximum atomic E-state index is 5.79. The fraction of sp³-hybridized carbons (Fsp3) is 0.600. The Morgan fingerprint density at radius 2 is 1.94 bits per heavy atom. The maximum absolute atomic E-state index is 5.79. The van der Waals surface area contributed by atoms with E-state index in [-0.39, 0.29) is 0 Å². The van der Waals surface area contributed by atoms with Crippen LogP contribution in [0.3, 0.4) is 0 Å². The van der Waals surface area contributed by atoms with Gasteiger partial charge in [-0.25, -0.2) is 0 Å². The highest BCUT2D eigenvalue weighted by Crippen LogP contribution is 2.24. The normalized spacial score (nSPS) is 13.9. The molecule has 100 valence electrons. The van der Waals surface area contributed by atoms with Crippen LogP contribution in [0.25, 0.3) is 0 Å². The van der Waals surface area contributed by atoms with Gasteiger partial charge >= 0.3 is 0 Å². The van der Waals surface area contributed by atoms with E-state index in [0.29, 0.717) is 0 Å². The van der Waals surface area contributed by atoms with Gasteiger partial charge in [0.1, 0.15) is 5.75 Å². The Labute approximate surface area is 110 Å². The molecule has 1 heterocycles. The molecule has 2 rings (SSSR count). The molecule has 0 aromatic heterocycles. The summed E-state index contributed by atoms with van der Waals surface area (Å²) < 4.78 is 11.2. The first-order chi connectivity index (χ1) is 8.83. The molecule has 1 aliphatic rings. The van der Waals surface area contributed by atoms with Crippen LogP contribution >= 0.6 is 0 Å². The second-order valence-electron chi connectivity index (χ2n) is 4.65. The van der Waals surface area contributed by atoms with Crippen molar-refractivity contribution in [3.63, 3.8) is 0 Å². The van der Waals surface area contributed by atoms with Crippen molar-refractivity contribution in [3.05, 3.63) is 29.3 Å². The highest BCUT2D eigenvalue weighted by Gasteiger charge is 2.11. The van der Waals surface area contributed by atoms with Crippen LogP contribution in [0, 0.1) is 0 Å². The monoisotopic (exact) mass is 249 g/mol. The van der Waals surface area contributed by atoms with Crippen LogP contribution < -0.4 is 4.74 Å². The zero-order valence-electron chi connectivity index (χ0n) is 11.4. The summed E-state index contributed by atoms with van der Waals surface area (Å²) in [5, 5.41) is 0. The van der Waals surface area contributed by atoms with Gasteiger partial charge in [0.15, 0.2) is 0 Å². The van der Waals surface area contributed by atoms with Gasteiger partial charge in [-0.15, -0.1) is 0 Å². The van der Waals surface area contributed by atoms with Gasteiger partial charge in [0.2, 0.25) is 0 Å². The standard InChI is InChI=1S/C15H23NO2/c1-3-16(4-2)8-5-9-18-15-7-6-13-11-17-12-14(13)10-15/h6-7,10H,3-5,8-9,11-12H2,1-2H3. The Balaban J connectivity index is 1.74. The number of benzene rings is 1. The van der Waals surface area contributed by atoms with Gasteiger partial charge in [0, 0.05) is 6.54 Å². The zero-order valence-corrected chi connectivity index (χ0v) is 11.4. The Morgan fingerprint density at radius 3 is 2.72 bits per heavy atom. The van der Waals surface area contributed by atoms with Crippen molar-refractivity contribution in [1.29, 1.82) is 0 Å². The quantitative estimate of drug-likeness (QED) is 0.694. The van der Waals surface area contributed by atoms with E-state index < -0.39 is 0 Å². The lowest BCUT2D eigenvalue weighted by Gasteiger charge is -2.17. The SMILES string of the molecule is CCN(CC)CCCOc1ccc2c(c1)COC2. The van der Waals surface area contributed by atoms with Crippen LogP contribution in [0.2, 0.25) is 0 Å². The average Bonchev–Trinajstić information content (AvgIpc) is 2.86. The number of hydrogen-bond acceptors (Lipinski definition) is 3. The van der Waals surface area contributed by atoms with E-state index in [1.807, 2.05) is 6.07 Å². The molecule has 0 bridgehead atoms. The summed E-state index contributed by atoms with van der Waals surface area (Å²) in [6, 6.07) is 6.27. The molecule has 1 aromatic carbocycles. The van der Waals surface area contributed by atoms with Gasteiger partial charge in [-0.2, -0.15) is 0 Å². The van der Waals surface area contributed by atoms with E-state index in [2.05, 4.69) is 30.9 Å². The van der Waals surface area contributed by atoms with E-state index in [0.717, 1.165) is 51.6 Å². The van der Waals surface area contributed by atoms with Gasteiger partial charge in [0.05, 0.1) is 19.8 Å². The highest BCUT2D eigenvalue weighted by atomic mass is 16.5. The van der Waals surface area contributed by atoms with Gasteiger partial charge in [0.25, 0.3) is 0 Å². The lowest BCUT2D eigenvalue weighted by atomic mass is 10.1. The molecule has 0 saturated heterocycles. The van der Waals surface area contributed by atoms with Gasteiger partial charge in [-0.3, -0.25) is 0 Å². The van der Waals surface area contributed by atoms with E-state index in [9.17, 15) is 0 Å². The molecule has 0 saturated carbocycles. The molecule has 3 nitrogen and oxygen atoms in total. The number of rotatable bonds is 7. The fourth-order valence-corrected chi connectivity index (χ4v) is 2.26. The van der Waals surface area contributed by atoms with Crippen molar-refractivity contribution < 1.29 is 9.47 Å². The molecule has 18 heavy (non-hydrogen) atoms. The summed E-state index contributed by atoms with van der Waals surface area (Å²) in [7, 11) is 0. The van der Waals surface area contributed by atoms with Crippen molar-refractivity contribution >= 4 is 0 Å². The zero-order chi connectivity index (χ0) is 12.8. The summed E-state index contributed by atoms with van der Waals surface area (Å²) >= 11 is 0. The number of fused-ring (bicyclic) bond motifs is 1. The fourth-order valence-electron chi connectivity index (χ4n) is 2.26. The molecule has 0 atom stereocenters. The third-order valence-corrected chi connectivity index (χ3v) is 3.47. The second-order valence-corrected chi connectivity index (χ2v) is 4.65. The highest BCUT2D eigenvalue weighted by molar-refractivity contribution is 5.36. The minimum absolute atomic E-state index is 0.728. The molecule has 0 N–H and O–H groups in total. The molecule has 0 fully saturated rings. The smallest absolute Gasteiger partial charge is 0.119 e.